The van der Waals surface area contributed by atoms with Crippen LogP contribution in [0.4, 0.5) is 26.3 Å². The van der Waals surface area contributed by atoms with Crippen LogP contribution in [0.3, 0.4) is 0 Å². The summed E-state index contributed by atoms with van der Waals surface area (Å²) < 4.78 is 75.3. The molecule has 0 unspecified atom stereocenters. The van der Waals surface area contributed by atoms with Gasteiger partial charge in [-0.2, -0.15) is 26.3 Å². The summed E-state index contributed by atoms with van der Waals surface area (Å²) in [5, 5.41) is 0. The lowest BCUT2D eigenvalue weighted by atomic mass is 10.2. The van der Waals surface area contributed by atoms with Crippen LogP contribution in [0, 0.1) is 0 Å². The number of ether oxygens (including phenoxy) is 1. The third-order valence-electron chi connectivity index (χ3n) is 2.25. The van der Waals surface area contributed by atoms with Crippen molar-refractivity contribution in [3.63, 3.8) is 0 Å². The van der Waals surface area contributed by atoms with Gasteiger partial charge in [-0.3, -0.25) is 0 Å². The lowest BCUT2D eigenvalue weighted by Crippen LogP contribution is -2.03. The number of benzene rings is 2. The fourth-order valence-electron chi connectivity index (χ4n) is 1.35. The van der Waals surface area contributed by atoms with E-state index in [2.05, 4.69) is 15.8 Å². The molecule has 0 fully saturated rings. The van der Waals surface area contributed by atoms with Gasteiger partial charge in [0.05, 0.1) is 0 Å². The van der Waals surface area contributed by atoms with Gasteiger partial charge >= 0.3 is 11.0 Å². The van der Waals surface area contributed by atoms with E-state index >= 15 is 0 Å². The van der Waals surface area contributed by atoms with Crippen molar-refractivity contribution in [2.75, 3.05) is 0 Å². The maximum absolute atomic E-state index is 11.1. The van der Waals surface area contributed by atoms with Crippen LogP contribution < -0.4 is 4.74 Å². The first-order chi connectivity index (χ1) is 11.7. The number of alkyl halides is 6. The van der Waals surface area contributed by atoms with Crippen LogP contribution in [-0.2, 0) is 10.2 Å². The molecule has 138 valence electrons. The van der Waals surface area contributed by atoms with E-state index in [-0.39, 0.29) is 0 Å². The van der Waals surface area contributed by atoms with Crippen molar-refractivity contribution in [2.24, 2.45) is 0 Å². The van der Waals surface area contributed by atoms with Gasteiger partial charge in [0.1, 0.15) is 36.4 Å². The molecule has 0 spiro atoms. The van der Waals surface area contributed by atoms with Gasteiger partial charge in [0.25, 0.3) is 0 Å². The molecule has 0 atom stereocenters. The van der Waals surface area contributed by atoms with E-state index in [4.69, 9.17) is 4.74 Å². The molecule has 25 heavy (non-hydrogen) atoms. The second-order valence-electron chi connectivity index (χ2n) is 4.21. The quantitative estimate of drug-likeness (QED) is 0.414. The highest BCUT2D eigenvalue weighted by molar-refractivity contribution is 8.08. The van der Waals surface area contributed by atoms with Crippen molar-refractivity contribution in [1.29, 1.82) is 0 Å². The lowest BCUT2D eigenvalue weighted by molar-refractivity contribution is -0.0416. The van der Waals surface area contributed by atoms with Gasteiger partial charge in [-0.1, -0.05) is 48.5 Å². The van der Waals surface area contributed by atoms with Crippen molar-refractivity contribution in [2.45, 2.75) is 17.6 Å². The third-order valence-corrected chi connectivity index (χ3v) is 3.17. The molecule has 10 heteroatoms. The minimum atomic E-state index is -4.81. The number of hydrogen-bond acceptors (Lipinski definition) is 4. The van der Waals surface area contributed by atoms with Gasteiger partial charge < -0.3 is 4.74 Å². The molecule has 0 heterocycles. The Morgan fingerprint density at radius 1 is 0.680 bits per heavy atom. The molecule has 0 saturated heterocycles. The Hall–Kier alpha value is -1.52. The second-order valence-corrected chi connectivity index (χ2v) is 6.02. The molecule has 2 aromatic rings. The standard InChI is InChI=1S/C13H12O.C2F6OS2/c1-3-7-12(8-4-1)11-14-13-9-5-2-6-10-13;3-1(4,5)10-9-11-2(6,7)8/h1-10H,11H2;. The zero-order valence-electron chi connectivity index (χ0n) is 12.4. The smallest absolute Gasteiger partial charge is 0.469 e. The second kappa shape index (κ2) is 10.5. The third kappa shape index (κ3) is 12.5. The summed E-state index contributed by atoms with van der Waals surface area (Å²) in [6.07, 6.45) is 0. The van der Waals surface area contributed by atoms with E-state index in [0.29, 0.717) is 6.61 Å². The van der Waals surface area contributed by atoms with E-state index in [1.54, 1.807) is 0 Å². The Morgan fingerprint density at radius 3 is 1.56 bits per heavy atom. The van der Waals surface area contributed by atoms with Crippen molar-refractivity contribution in [1.82, 2.24) is 0 Å². The highest BCUT2D eigenvalue weighted by Crippen LogP contribution is 2.40. The molecular weight excluding hydrogens is 390 g/mol. The number of hydrogen-bond donors (Lipinski definition) is 0. The van der Waals surface area contributed by atoms with E-state index < -0.39 is 35.1 Å². The van der Waals surface area contributed by atoms with Crippen molar-refractivity contribution < 1.29 is 34.7 Å². The number of rotatable bonds is 5. The monoisotopic (exact) mass is 402 g/mol. The molecule has 0 N–H and O–H groups in total. The summed E-state index contributed by atoms with van der Waals surface area (Å²) in [5.41, 5.74) is -8.42. The first-order valence-electron chi connectivity index (χ1n) is 6.54. The van der Waals surface area contributed by atoms with E-state index in [0.717, 1.165) is 5.75 Å². The van der Waals surface area contributed by atoms with Gasteiger partial charge in [0.15, 0.2) is 0 Å². The Kier molecular flexibility index (Phi) is 9.01. The van der Waals surface area contributed by atoms with Crippen molar-refractivity contribution in [3.05, 3.63) is 66.2 Å². The summed E-state index contributed by atoms with van der Waals surface area (Å²) in [7, 11) is 0. The topological polar surface area (TPSA) is 18.5 Å². The average Bonchev–Trinajstić information content (AvgIpc) is 2.53. The molecule has 0 aliphatic heterocycles. The highest BCUT2D eigenvalue weighted by Gasteiger charge is 2.36. The molecule has 0 amide bonds. The molecular formula is C15H12F6O2S2. The fraction of sp³-hybridized carbons (Fsp3) is 0.200. The van der Waals surface area contributed by atoms with E-state index in [9.17, 15) is 26.3 Å². The van der Waals surface area contributed by atoms with E-state index in [1.807, 2.05) is 48.5 Å². The SMILES string of the molecule is FC(F)(F)SOSC(F)(F)F.c1ccc(COc2ccccc2)cc1. The van der Waals surface area contributed by atoms with Crippen LogP contribution in [0.25, 0.3) is 0 Å². The van der Waals surface area contributed by atoms with Crippen LogP contribution in [0.2, 0.25) is 0 Å². The summed E-state index contributed by atoms with van der Waals surface area (Å²) >= 11 is -2.39. The van der Waals surface area contributed by atoms with E-state index in [1.165, 1.54) is 5.56 Å². The maximum atomic E-state index is 11.1. The molecule has 2 aromatic carbocycles. The van der Waals surface area contributed by atoms with Crippen LogP contribution in [0.5, 0.6) is 5.75 Å². The molecule has 2 nitrogen and oxygen atoms in total. The molecule has 0 aliphatic rings. The predicted molar refractivity (Wildman–Crippen MR) is 85.6 cm³/mol. The molecule has 0 radical (unpaired) electrons. The summed E-state index contributed by atoms with van der Waals surface area (Å²) in [6.45, 7) is 0.630. The average molecular weight is 402 g/mol. The van der Waals surface area contributed by atoms with Crippen LogP contribution in [0.15, 0.2) is 60.7 Å². The van der Waals surface area contributed by atoms with Crippen LogP contribution >= 0.6 is 24.1 Å². The minimum Gasteiger partial charge on any atom is -0.489 e. The van der Waals surface area contributed by atoms with Gasteiger partial charge in [-0.25, -0.2) is 3.63 Å². The Bertz CT molecular complexity index is 537. The van der Waals surface area contributed by atoms with Crippen LogP contribution in [0.1, 0.15) is 5.56 Å². The fourth-order valence-corrected chi connectivity index (χ4v) is 2.11. The lowest BCUT2D eigenvalue weighted by Gasteiger charge is -2.05. The van der Waals surface area contributed by atoms with Gasteiger partial charge in [0.2, 0.25) is 0 Å². The molecule has 0 saturated carbocycles. The molecule has 0 bridgehead atoms. The first-order valence-corrected chi connectivity index (χ1v) is 8.03. The summed E-state index contributed by atoms with van der Waals surface area (Å²) in [4.78, 5) is 0. The zero-order chi connectivity index (χ0) is 18.8. The summed E-state index contributed by atoms with van der Waals surface area (Å²) in [6, 6.07) is 20.0. The Balaban J connectivity index is 0.000000260. The van der Waals surface area contributed by atoms with Crippen molar-refractivity contribution in [3.8, 4) is 5.75 Å². The number of halogens is 6. The predicted octanol–water partition coefficient (Wildman–Crippen LogP) is 6.60. The molecule has 0 aromatic heterocycles. The zero-order valence-corrected chi connectivity index (χ0v) is 14.0. The summed E-state index contributed by atoms with van der Waals surface area (Å²) in [5.74, 6) is 0.913. The highest BCUT2D eigenvalue weighted by atomic mass is 32.2. The maximum Gasteiger partial charge on any atom is 0.469 e. The first kappa shape index (κ1) is 21.5. The van der Waals surface area contributed by atoms with Crippen molar-refractivity contribution >= 4 is 24.1 Å². The normalized spacial score (nSPS) is 11.4. The van der Waals surface area contributed by atoms with Crippen LogP contribution in [-0.4, -0.2) is 11.0 Å². The van der Waals surface area contributed by atoms with Gasteiger partial charge in [0, 0.05) is 0 Å². The number of para-hydroxylation sites is 1. The largest absolute Gasteiger partial charge is 0.489 e. The van der Waals surface area contributed by atoms with Gasteiger partial charge in [-0.05, 0) is 17.7 Å². The molecule has 0 aliphatic carbocycles. The Morgan fingerprint density at radius 2 is 1.12 bits per heavy atom. The van der Waals surface area contributed by atoms with Gasteiger partial charge in [-0.15, -0.1) is 0 Å². The molecule has 2 rings (SSSR count). The Labute approximate surface area is 148 Å². The minimum absolute atomic E-state index is 0.630.